The molecule has 0 spiro atoms. The van der Waals surface area contributed by atoms with Gasteiger partial charge in [-0.25, -0.2) is 0 Å². The van der Waals surface area contributed by atoms with Crippen molar-refractivity contribution < 1.29 is 13.2 Å². The Morgan fingerprint density at radius 1 is 1.47 bits per heavy atom. The molecule has 1 fully saturated rings. The van der Waals surface area contributed by atoms with E-state index in [9.17, 15) is 13.2 Å². The summed E-state index contributed by atoms with van der Waals surface area (Å²) in [4.78, 5) is 1.49. The Bertz CT molecular complexity index is 194. The highest BCUT2D eigenvalue weighted by Crippen LogP contribution is 2.19. The van der Waals surface area contributed by atoms with E-state index in [1.165, 1.54) is 4.90 Å². The summed E-state index contributed by atoms with van der Waals surface area (Å²) >= 11 is 0. The predicted molar refractivity (Wildman–Crippen MR) is 53.7 cm³/mol. The van der Waals surface area contributed by atoms with E-state index in [-0.39, 0.29) is 6.04 Å². The summed E-state index contributed by atoms with van der Waals surface area (Å²) in [5.41, 5.74) is 0. The SMILES string of the molecule is CCC(C)C1CN(CC(F)(F)F)CCN1. The number of alkyl halides is 3. The van der Waals surface area contributed by atoms with Crippen LogP contribution in [0.25, 0.3) is 0 Å². The minimum atomic E-state index is -4.07. The number of halogens is 3. The van der Waals surface area contributed by atoms with Crippen LogP contribution in [0, 0.1) is 5.92 Å². The van der Waals surface area contributed by atoms with Gasteiger partial charge in [0, 0.05) is 25.7 Å². The maximum absolute atomic E-state index is 12.2. The molecule has 15 heavy (non-hydrogen) atoms. The Labute approximate surface area is 88.8 Å². The van der Waals surface area contributed by atoms with Gasteiger partial charge in [-0.1, -0.05) is 20.3 Å². The van der Waals surface area contributed by atoms with Crippen LogP contribution < -0.4 is 5.32 Å². The molecule has 2 nitrogen and oxygen atoms in total. The molecule has 0 aromatic heterocycles. The number of nitrogens with zero attached hydrogens (tertiary/aromatic N) is 1. The molecule has 1 saturated heterocycles. The molecule has 1 aliphatic rings. The van der Waals surface area contributed by atoms with E-state index in [1.54, 1.807) is 0 Å². The largest absolute Gasteiger partial charge is 0.401 e. The second-order valence-electron chi connectivity index (χ2n) is 4.30. The van der Waals surface area contributed by atoms with Gasteiger partial charge in [-0.2, -0.15) is 13.2 Å². The second-order valence-corrected chi connectivity index (χ2v) is 4.30. The number of piperazine rings is 1. The third-order valence-electron chi connectivity index (χ3n) is 3.02. The summed E-state index contributed by atoms with van der Waals surface area (Å²) < 4.78 is 36.6. The number of hydrogen-bond donors (Lipinski definition) is 1. The van der Waals surface area contributed by atoms with E-state index in [0.29, 0.717) is 25.6 Å². The van der Waals surface area contributed by atoms with E-state index in [2.05, 4.69) is 19.2 Å². The van der Waals surface area contributed by atoms with Gasteiger partial charge in [0.1, 0.15) is 0 Å². The monoisotopic (exact) mass is 224 g/mol. The minimum Gasteiger partial charge on any atom is -0.311 e. The normalized spacial score (nSPS) is 26.6. The molecule has 0 aromatic carbocycles. The van der Waals surface area contributed by atoms with E-state index < -0.39 is 12.7 Å². The van der Waals surface area contributed by atoms with Gasteiger partial charge < -0.3 is 5.32 Å². The van der Waals surface area contributed by atoms with Gasteiger partial charge in [0.15, 0.2) is 0 Å². The molecule has 0 aromatic rings. The topological polar surface area (TPSA) is 15.3 Å². The molecule has 1 aliphatic heterocycles. The molecule has 1 heterocycles. The molecule has 2 unspecified atom stereocenters. The highest BCUT2D eigenvalue weighted by atomic mass is 19.4. The van der Waals surface area contributed by atoms with Crippen LogP contribution in [-0.2, 0) is 0 Å². The summed E-state index contributed by atoms with van der Waals surface area (Å²) in [6, 6.07) is 0.200. The molecule has 1 rings (SSSR count). The van der Waals surface area contributed by atoms with Crippen molar-refractivity contribution in [3.8, 4) is 0 Å². The first-order valence-electron chi connectivity index (χ1n) is 5.45. The molecule has 5 heteroatoms. The lowest BCUT2D eigenvalue weighted by molar-refractivity contribution is -0.148. The fourth-order valence-electron chi connectivity index (χ4n) is 1.90. The van der Waals surface area contributed by atoms with E-state index in [1.807, 2.05) is 0 Å². The van der Waals surface area contributed by atoms with Gasteiger partial charge in [0.05, 0.1) is 6.54 Å². The second kappa shape index (κ2) is 5.16. The van der Waals surface area contributed by atoms with Crippen molar-refractivity contribution in [1.29, 1.82) is 0 Å². The molecule has 0 amide bonds. The van der Waals surface area contributed by atoms with Crippen molar-refractivity contribution in [1.82, 2.24) is 10.2 Å². The quantitative estimate of drug-likeness (QED) is 0.787. The van der Waals surface area contributed by atoms with Gasteiger partial charge in [-0.15, -0.1) is 0 Å². The van der Waals surface area contributed by atoms with Crippen LogP contribution >= 0.6 is 0 Å². The fourth-order valence-corrected chi connectivity index (χ4v) is 1.90. The summed E-state index contributed by atoms with van der Waals surface area (Å²) in [5, 5.41) is 3.28. The van der Waals surface area contributed by atoms with Gasteiger partial charge in [0.2, 0.25) is 0 Å². The number of rotatable bonds is 3. The Kier molecular flexibility index (Phi) is 4.40. The van der Waals surface area contributed by atoms with E-state index in [0.717, 1.165) is 6.42 Å². The van der Waals surface area contributed by atoms with Crippen molar-refractivity contribution in [3.63, 3.8) is 0 Å². The zero-order valence-corrected chi connectivity index (χ0v) is 9.27. The average molecular weight is 224 g/mol. The van der Waals surface area contributed by atoms with Crippen molar-refractivity contribution in [2.45, 2.75) is 32.5 Å². The fraction of sp³-hybridized carbons (Fsp3) is 1.00. The van der Waals surface area contributed by atoms with Gasteiger partial charge >= 0.3 is 6.18 Å². The van der Waals surface area contributed by atoms with Crippen molar-refractivity contribution in [2.24, 2.45) is 5.92 Å². The zero-order valence-electron chi connectivity index (χ0n) is 9.27. The summed E-state index contributed by atoms with van der Waals surface area (Å²) in [7, 11) is 0. The van der Waals surface area contributed by atoms with Crippen molar-refractivity contribution in [3.05, 3.63) is 0 Å². The zero-order chi connectivity index (χ0) is 11.5. The molecule has 90 valence electrons. The minimum absolute atomic E-state index is 0.200. The summed E-state index contributed by atoms with van der Waals surface area (Å²) in [6.45, 7) is 5.03. The van der Waals surface area contributed by atoms with Gasteiger partial charge in [-0.3, -0.25) is 4.90 Å². The molecular formula is C10H19F3N2. The summed E-state index contributed by atoms with van der Waals surface area (Å²) in [5.74, 6) is 0.432. The average Bonchev–Trinajstić information content (AvgIpc) is 2.14. The van der Waals surface area contributed by atoms with Crippen LogP contribution in [0.4, 0.5) is 13.2 Å². The molecule has 0 aliphatic carbocycles. The first-order chi connectivity index (χ1) is 6.92. The van der Waals surface area contributed by atoms with Gasteiger partial charge in [-0.05, 0) is 5.92 Å². The maximum atomic E-state index is 12.2. The Morgan fingerprint density at radius 2 is 2.13 bits per heavy atom. The number of nitrogens with one attached hydrogen (secondary N) is 1. The molecule has 0 bridgehead atoms. The lowest BCUT2D eigenvalue weighted by atomic mass is 9.97. The Hall–Kier alpha value is -0.290. The van der Waals surface area contributed by atoms with E-state index in [4.69, 9.17) is 0 Å². The van der Waals surface area contributed by atoms with Crippen LogP contribution in [-0.4, -0.2) is 43.3 Å². The van der Waals surface area contributed by atoms with Crippen molar-refractivity contribution >= 4 is 0 Å². The molecule has 0 radical (unpaired) electrons. The van der Waals surface area contributed by atoms with Crippen LogP contribution in [0.2, 0.25) is 0 Å². The predicted octanol–water partition coefficient (Wildman–Crippen LogP) is 1.87. The van der Waals surface area contributed by atoms with Crippen LogP contribution in [0.5, 0.6) is 0 Å². The molecular weight excluding hydrogens is 205 g/mol. The van der Waals surface area contributed by atoms with Crippen molar-refractivity contribution in [2.75, 3.05) is 26.2 Å². The number of hydrogen-bond acceptors (Lipinski definition) is 2. The first-order valence-corrected chi connectivity index (χ1v) is 5.45. The first kappa shape index (κ1) is 12.8. The highest BCUT2D eigenvalue weighted by Gasteiger charge is 2.33. The third kappa shape index (κ3) is 4.38. The highest BCUT2D eigenvalue weighted by molar-refractivity contribution is 4.82. The van der Waals surface area contributed by atoms with Crippen LogP contribution in [0.1, 0.15) is 20.3 Å². The smallest absolute Gasteiger partial charge is 0.311 e. The lowest BCUT2D eigenvalue weighted by Gasteiger charge is -2.36. The van der Waals surface area contributed by atoms with E-state index >= 15 is 0 Å². The lowest BCUT2D eigenvalue weighted by Crippen LogP contribution is -2.55. The Balaban J connectivity index is 2.42. The van der Waals surface area contributed by atoms with Crippen LogP contribution in [0.3, 0.4) is 0 Å². The van der Waals surface area contributed by atoms with Crippen LogP contribution in [0.15, 0.2) is 0 Å². The molecule has 2 atom stereocenters. The third-order valence-corrected chi connectivity index (χ3v) is 3.02. The standard InChI is InChI=1S/C10H19F3N2/c1-3-8(2)9-6-15(5-4-14-9)7-10(11,12)13/h8-9,14H,3-7H2,1-2H3. The molecule has 0 saturated carbocycles. The maximum Gasteiger partial charge on any atom is 0.401 e. The van der Waals surface area contributed by atoms with Gasteiger partial charge in [0.25, 0.3) is 0 Å². The Morgan fingerprint density at radius 3 is 2.67 bits per heavy atom. The molecule has 1 N–H and O–H groups in total. The summed E-state index contributed by atoms with van der Waals surface area (Å²) in [6.07, 6.45) is -3.07.